The smallest absolute Gasteiger partial charge is 0.0377 e. The molecule has 2 nitrogen and oxygen atoms in total. The van der Waals surface area contributed by atoms with Crippen LogP contribution in [0.3, 0.4) is 0 Å². The number of nitrogens with zero attached hydrogens (tertiary/aromatic N) is 1. The molecule has 1 aliphatic rings. The quantitative estimate of drug-likeness (QED) is 0.799. The summed E-state index contributed by atoms with van der Waals surface area (Å²) in [5, 5.41) is 0. The Labute approximate surface area is 138 Å². The number of benzene rings is 1. The molecule has 1 fully saturated rings. The molecule has 1 aromatic rings. The van der Waals surface area contributed by atoms with Gasteiger partial charge in [0.15, 0.2) is 0 Å². The summed E-state index contributed by atoms with van der Waals surface area (Å²) in [5.74, 6) is 0.828. The van der Waals surface area contributed by atoms with Crippen LogP contribution in [-0.2, 0) is 0 Å². The highest BCUT2D eigenvalue weighted by Crippen LogP contribution is 2.36. The van der Waals surface area contributed by atoms with Crippen molar-refractivity contribution in [1.29, 1.82) is 0 Å². The lowest BCUT2D eigenvalue weighted by molar-refractivity contribution is 0.220. The first kappa shape index (κ1) is 16.8. The van der Waals surface area contributed by atoms with Crippen LogP contribution in [0.15, 0.2) is 22.7 Å². The van der Waals surface area contributed by atoms with E-state index in [1.807, 2.05) is 6.92 Å². The molecular formula is C18H29BrN2. The minimum absolute atomic E-state index is 0.0721. The molecular weight excluding hydrogens is 324 g/mol. The molecule has 0 bridgehead atoms. The van der Waals surface area contributed by atoms with Gasteiger partial charge in [0.2, 0.25) is 0 Å². The van der Waals surface area contributed by atoms with Crippen molar-refractivity contribution in [2.24, 2.45) is 17.1 Å². The molecule has 2 atom stereocenters. The van der Waals surface area contributed by atoms with E-state index < -0.39 is 0 Å². The van der Waals surface area contributed by atoms with Crippen LogP contribution in [0.25, 0.3) is 0 Å². The predicted molar refractivity (Wildman–Crippen MR) is 95.8 cm³/mol. The molecule has 118 valence electrons. The topological polar surface area (TPSA) is 29.3 Å². The summed E-state index contributed by atoms with van der Waals surface area (Å²) in [6.45, 7) is 11.5. The lowest BCUT2D eigenvalue weighted by Gasteiger charge is -2.30. The van der Waals surface area contributed by atoms with Gasteiger partial charge in [-0.1, -0.05) is 42.8 Å². The second kappa shape index (κ2) is 6.70. The number of hydrogen-bond acceptors (Lipinski definition) is 2. The number of hydrogen-bond donors (Lipinski definition) is 1. The number of nitrogens with two attached hydrogens (primary N) is 1. The van der Waals surface area contributed by atoms with Gasteiger partial charge in [0.05, 0.1) is 0 Å². The largest absolute Gasteiger partial charge is 0.371 e. The summed E-state index contributed by atoms with van der Waals surface area (Å²) in [7, 11) is 0. The third-order valence-electron chi connectivity index (χ3n) is 4.79. The first-order valence-electron chi connectivity index (χ1n) is 8.09. The Morgan fingerprint density at radius 2 is 1.95 bits per heavy atom. The van der Waals surface area contributed by atoms with E-state index in [1.54, 1.807) is 0 Å². The minimum atomic E-state index is 0.0721. The van der Waals surface area contributed by atoms with E-state index in [4.69, 9.17) is 5.73 Å². The monoisotopic (exact) mass is 352 g/mol. The van der Waals surface area contributed by atoms with Crippen LogP contribution in [0.1, 0.15) is 58.6 Å². The number of rotatable bonds is 2. The van der Waals surface area contributed by atoms with Crippen LogP contribution in [0, 0.1) is 11.3 Å². The van der Waals surface area contributed by atoms with Gasteiger partial charge in [-0.2, -0.15) is 0 Å². The molecule has 0 aromatic heterocycles. The summed E-state index contributed by atoms with van der Waals surface area (Å²) in [6.07, 6.45) is 3.92. The van der Waals surface area contributed by atoms with Crippen LogP contribution < -0.4 is 10.6 Å². The molecule has 0 radical (unpaired) electrons. The Balaban J connectivity index is 2.11. The highest BCUT2D eigenvalue weighted by molar-refractivity contribution is 9.10. The molecule has 2 rings (SSSR count). The maximum absolute atomic E-state index is 5.99. The van der Waals surface area contributed by atoms with Gasteiger partial charge in [0.25, 0.3) is 0 Å². The van der Waals surface area contributed by atoms with Crippen molar-refractivity contribution in [2.45, 2.75) is 53.0 Å². The summed E-state index contributed by atoms with van der Waals surface area (Å²) in [5.41, 5.74) is 8.92. The maximum Gasteiger partial charge on any atom is 0.0377 e. The predicted octanol–water partition coefficient (Wildman–Crippen LogP) is 5.12. The zero-order valence-electron chi connectivity index (χ0n) is 13.8. The molecule has 1 unspecified atom stereocenters. The molecule has 1 heterocycles. The van der Waals surface area contributed by atoms with Gasteiger partial charge >= 0.3 is 0 Å². The second-order valence-electron chi connectivity index (χ2n) is 7.48. The summed E-state index contributed by atoms with van der Waals surface area (Å²) in [4.78, 5) is 2.53. The Hall–Kier alpha value is -0.540. The van der Waals surface area contributed by atoms with Crippen molar-refractivity contribution < 1.29 is 0 Å². The first-order valence-corrected chi connectivity index (χ1v) is 8.88. The van der Waals surface area contributed by atoms with Crippen LogP contribution in [0.4, 0.5) is 5.69 Å². The Morgan fingerprint density at radius 3 is 2.52 bits per heavy atom. The SMILES string of the molecule is C[C@@H](N)c1ccc(N2CCCC(C(C)(C)C)CC2)cc1Br. The van der Waals surface area contributed by atoms with Crippen molar-refractivity contribution in [3.8, 4) is 0 Å². The van der Waals surface area contributed by atoms with Gasteiger partial charge in [-0.05, 0) is 55.2 Å². The van der Waals surface area contributed by atoms with Gasteiger partial charge in [0.1, 0.15) is 0 Å². The van der Waals surface area contributed by atoms with E-state index >= 15 is 0 Å². The molecule has 2 N–H and O–H groups in total. The van der Waals surface area contributed by atoms with Crippen LogP contribution >= 0.6 is 15.9 Å². The fraction of sp³-hybridized carbons (Fsp3) is 0.667. The first-order chi connectivity index (χ1) is 9.79. The highest BCUT2D eigenvalue weighted by Gasteiger charge is 2.27. The Morgan fingerprint density at radius 1 is 1.24 bits per heavy atom. The molecule has 0 saturated carbocycles. The summed E-state index contributed by atoms with van der Waals surface area (Å²) >= 11 is 3.67. The number of anilines is 1. The van der Waals surface area contributed by atoms with E-state index in [9.17, 15) is 0 Å². The lowest BCUT2D eigenvalue weighted by atomic mass is 9.77. The maximum atomic E-state index is 5.99. The van der Waals surface area contributed by atoms with Crippen molar-refractivity contribution >= 4 is 21.6 Å². The fourth-order valence-electron chi connectivity index (χ4n) is 3.30. The molecule has 1 aromatic carbocycles. The second-order valence-corrected chi connectivity index (χ2v) is 8.33. The standard InChI is InChI=1S/C18H29BrN2/c1-13(20)16-8-7-15(12-17(16)19)21-10-5-6-14(9-11-21)18(2,3)4/h7-8,12-14H,5-6,9-11,20H2,1-4H3/t13-,14?/m1/s1. The summed E-state index contributed by atoms with van der Waals surface area (Å²) < 4.78 is 1.13. The Kier molecular flexibility index (Phi) is 5.37. The van der Waals surface area contributed by atoms with Gasteiger partial charge in [-0.25, -0.2) is 0 Å². The van der Waals surface area contributed by atoms with E-state index in [0.717, 1.165) is 23.5 Å². The molecule has 1 saturated heterocycles. The molecule has 21 heavy (non-hydrogen) atoms. The van der Waals surface area contributed by atoms with Crippen LogP contribution in [0.2, 0.25) is 0 Å². The third kappa shape index (κ3) is 4.23. The Bertz CT molecular complexity index is 477. The molecule has 3 heteroatoms. The van der Waals surface area contributed by atoms with Gasteiger partial charge in [0, 0.05) is 29.3 Å². The van der Waals surface area contributed by atoms with E-state index in [1.165, 1.54) is 30.5 Å². The highest BCUT2D eigenvalue weighted by atomic mass is 79.9. The van der Waals surface area contributed by atoms with E-state index in [-0.39, 0.29) is 6.04 Å². The van der Waals surface area contributed by atoms with E-state index in [0.29, 0.717) is 5.41 Å². The van der Waals surface area contributed by atoms with Crippen LogP contribution in [-0.4, -0.2) is 13.1 Å². The molecule has 1 aliphatic heterocycles. The lowest BCUT2D eigenvalue weighted by Crippen LogP contribution is -2.26. The summed E-state index contributed by atoms with van der Waals surface area (Å²) in [6, 6.07) is 6.69. The van der Waals surface area contributed by atoms with Crippen molar-refractivity contribution in [3.05, 3.63) is 28.2 Å². The van der Waals surface area contributed by atoms with Gasteiger partial charge in [-0.3, -0.25) is 0 Å². The normalized spacial score (nSPS) is 22.0. The van der Waals surface area contributed by atoms with Crippen molar-refractivity contribution in [3.63, 3.8) is 0 Å². The molecule has 0 spiro atoms. The van der Waals surface area contributed by atoms with Crippen molar-refractivity contribution in [1.82, 2.24) is 0 Å². The van der Waals surface area contributed by atoms with Gasteiger partial charge < -0.3 is 10.6 Å². The third-order valence-corrected chi connectivity index (χ3v) is 5.48. The molecule has 0 aliphatic carbocycles. The van der Waals surface area contributed by atoms with Crippen molar-refractivity contribution in [2.75, 3.05) is 18.0 Å². The zero-order chi connectivity index (χ0) is 15.6. The fourth-order valence-corrected chi connectivity index (χ4v) is 4.03. The average Bonchev–Trinajstić information content (AvgIpc) is 2.63. The average molecular weight is 353 g/mol. The molecule has 0 amide bonds. The van der Waals surface area contributed by atoms with Crippen LogP contribution in [0.5, 0.6) is 0 Å². The van der Waals surface area contributed by atoms with Gasteiger partial charge in [-0.15, -0.1) is 0 Å². The minimum Gasteiger partial charge on any atom is -0.371 e. The van der Waals surface area contributed by atoms with E-state index in [2.05, 4.69) is 59.8 Å². The zero-order valence-corrected chi connectivity index (χ0v) is 15.4. The number of halogens is 1.